The van der Waals surface area contributed by atoms with E-state index in [0.29, 0.717) is 30.0 Å². The number of carbonyl (C=O) groups is 1. The van der Waals surface area contributed by atoms with Crippen LogP contribution in [-0.2, 0) is 0 Å². The Labute approximate surface area is 150 Å². The van der Waals surface area contributed by atoms with Crippen LogP contribution in [0.15, 0.2) is 30.3 Å². The maximum atomic E-state index is 13.2. The van der Waals surface area contributed by atoms with Gasteiger partial charge in [-0.05, 0) is 50.1 Å². The molecular formula is C19H21N5O2. The van der Waals surface area contributed by atoms with E-state index in [4.69, 9.17) is 5.73 Å². The van der Waals surface area contributed by atoms with Gasteiger partial charge in [-0.15, -0.1) is 0 Å². The second kappa shape index (κ2) is 6.42. The van der Waals surface area contributed by atoms with Crippen molar-refractivity contribution in [2.75, 3.05) is 13.1 Å². The molecular weight excluding hydrogens is 330 g/mol. The molecule has 1 aromatic carbocycles. The van der Waals surface area contributed by atoms with E-state index in [2.05, 4.69) is 15.2 Å². The van der Waals surface area contributed by atoms with Crippen LogP contribution < -0.4 is 5.73 Å². The Kier molecular flexibility index (Phi) is 4.08. The number of carbonyl (C=O) groups excluding carboxylic acids is 1. The lowest BCUT2D eigenvalue weighted by atomic mass is 10.0. The number of rotatable bonds is 2. The Balaban J connectivity index is 1.80. The highest BCUT2D eigenvalue weighted by Crippen LogP contribution is 2.28. The van der Waals surface area contributed by atoms with E-state index in [1.54, 1.807) is 24.3 Å². The maximum absolute atomic E-state index is 13.2. The maximum Gasteiger partial charge on any atom is 0.254 e. The second-order valence-electron chi connectivity index (χ2n) is 6.76. The minimum Gasteiger partial charge on any atom is -0.508 e. The van der Waals surface area contributed by atoms with Crippen molar-refractivity contribution in [2.45, 2.75) is 25.8 Å². The van der Waals surface area contributed by atoms with Crippen molar-refractivity contribution in [3.05, 3.63) is 41.6 Å². The molecule has 26 heavy (non-hydrogen) atoms. The summed E-state index contributed by atoms with van der Waals surface area (Å²) in [7, 11) is 0. The minimum atomic E-state index is -0.0196. The van der Waals surface area contributed by atoms with Crippen LogP contribution in [0.25, 0.3) is 22.3 Å². The summed E-state index contributed by atoms with van der Waals surface area (Å²) in [5.41, 5.74) is 9.39. The molecule has 7 heteroatoms. The van der Waals surface area contributed by atoms with Gasteiger partial charge >= 0.3 is 0 Å². The molecule has 0 saturated carbocycles. The van der Waals surface area contributed by atoms with Gasteiger partial charge in [0.15, 0.2) is 5.65 Å². The number of aromatic amines is 1. The van der Waals surface area contributed by atoms with E-state index in [1.165, 1.54) is 0 Å². The number of pyridine rings is 1. The summed E-state index contributed by atoms with van der Waals surface area (Å²) < 4.78 is 0. The molecule has 1 amide bonds. The van der Waals surface area contributed by atoms with Crippen molar-refractivity contribution in [1.29, 1.82) is 0 Å². The second-order valence-corrected chi connectivity index (χ2v) is 6.76. The van der Waals surface area contributed by atoms with Crippen molar-refractivity contribution in [3.63, 3.8) is 0 Å². The minimum absolute atomic E-state index is 0.0196. The van der Waals surface area contributed by atoms with E-state index in [0.717, 1.165) is 29.5 Å². The lowest BCUT2D eigenvalue weighted by Gasteiger charge is -2.30. The molecule has 0 unspecified atom stereocenters. The third-order valence-electron chi connectivity index (χ3n) is 4.93. The number of phenolic OH excluding ortho intramolecular Hbond substituents is 1. The number of aryl methyl sites for hydroxylation is 1. The summed E-state index contributed by atoms with van der Waals surface area (Å²) in [5.74, 6) is 0.169. The highest BCUT2D eigenvalue weighted by atomic mass is 16.3. The van der Waals surface area contributed by atoms with Gasteiger partial charge in [-0.1, -0.05) is 0 Å². The van der Waals surface area contributed by atoms with Gasteiger partial charge in [0.1, 0.15) is 5.75 Å². The molecule has 1 aliphatic heterocycles. The molecule has 0 atom stereocenters. The third kappa shape index (κ3) is 2.90. The van der Waals surface area contributed by atoms with Crippen LogP contribution in [0.1, 0.15) is 28.9 Å². The molecule has 0 spiro atoms. The quantitative estimate of drug-likeness (QED) is 0.656. The highest BCUT2D eigenvalue weighted by Gasteiger charge is 2.25. The molecule has 3 aromatic rings. The molecule has 0 radical (unpaired) electrons. The standard InChI is InChI=1S/C19H21N5O2/c1-11-17-15(19(26)24-8-6-13(20)7-9-24)10-16(21-18(17)23-22-11)12-2-4-14(25)5-3-12/h2-5,10,13,25H,6-9,20H2,1H3,(H,21,22,23). The largest absolute Gasteiger partial charge is 0.508 e. The predicted octanol–water partition coefficient (Wildman–Crippen LogP) is 2.20. The molecule has 4 rings (SSSR count). The number of amides is 1. The van der Waals surface area contributed by atoms with E-state index < -0.39 is 0 Å². The van der Waals surface area contributed by atoms with E-state index in [1.807, 2.05) is 17.9 Å². The van der Waals surface area contributed by atoms with Crippen LogP contribution in [0.2, 0.25) is 0 Å². The Hall–Kier alpha value is -2.93. The van der Waals surface area contributed by atoms with Gasteiger partial charge in [-0.2, -0.15) is 5.10 Å². The fourth-order valence-electron chi connectivity index (χ4n) is 3.41. The van der Waals surface area contributed by atoms with Crippen LogP contribution in [0.5, 0.6) is 5.75 Å². The van der Waals surface area contributed by atoms with E-state index in [-0.39, 0.29) is 17.7 Å². The summed E-state index contributed by atoms with van der Waals surface area (Å²) in [4.78, 5) is 19.6. The van der Waals surface area contributed by atoms with Crippen LogP contribution in [0.3, 0.4) is 0 Å². The topological polar surface area (TPSA) is 108 Å². The number of nitrogens with zero attached hydrogens (tertiary/aromatic N) is 3. The molecule has 4 N–H and O–H groups in total. The first kappa shape index (κ1) is 16.5. The Morgan fingerprint density at radius 2 is 1.96 bits per heavy atom. The normalized spacial score (nSPS) is 15.5. The monoisotopic (exact) mass is 351 g/mol. The Bertz CT molecular complexity index is 956. The van der Waals surface area contributed by atoms with Crippen molar-refractivity contribution < 1.29 is 9.90 Å². The summed E-state index contributed by atoms with van der Waals surface area (Å²) in [6, 6.07) is 8.75. The van der Waals surface area contributed by atoms with Gasteiger partial charge < -0.3 is 15.7 Å². The summed E-state index contributed by atoms with van der Waals surface area (Å²) >= 11 is 0. The van der Waals surface area contributed by atoms with Crippen molar-refractivity contribution in [1.82, 2.24) is 20.1 Å². The average Bonchev–Trinajstić information content (AvgIpc) is 3.03. The van der Waals surface area contributed by atoms with Gasteiger partial charge in [0.25, 0.3) is 5.91 Å². The van der Waals surface area contributed by atoms with Gasteiger partial charge in [0.2, 0.25) is 0 Å². The fraction of sp³-hybridized carbons (Fsp3) is 0.316. The molecule has 1 fully saturated rings. The summed E-state index contributed by atoms with van der Waals surface area (Å²) in [5, 5.41) is 17.4. The summed E-state index contributed by atoms with van der Waals surface area (Å²) in [6.07, 6.45) is 1.63. The van der Waals surface area contributed by atoms with Crippen LogP contribution in [-0.4, -0.2) is 50.2 Å². The number of phenols is 1. The third-order valence-corrected chi connectivity index (χ3v) is 4.93. The zero-order chi connectivity index (χ0) is 18.3. The van der Waals surface area contributed by atoms with Gasteiger partial charge in [0.05, 0.1) is 22.3 Å². The number of aromatic hydroxyl groups is 1. The number of nitrogens with two attached hydrogens (primary N) is 1. The molecule has 0 bridgehead atoms. The first-order chi connectivity index (χ1) is 12.5. The average molecular weight is 351 g/mol. The van der Waals surface area contributed by atoms with Crippen molar-refractivity contribution in [3.8, 4) is 17.0 Å². The first-order valence-electron chi connectivity index (χ1n) is 8.73. The highest BCUT2D eigenvalue weighted by molar-refractivity contribution is 6.07. The van der Waals surface area contributed by atoms with Crippen LogP contribution in [0, 0.1) is 6.92 Å². The zero-order valence-corrected chi connectivity index (χ0v) is 14.6. The zero-order valence-electron chi connectivity index (χ0n) is 14.6. The lowest BCUT2D eigenvalue weighted by Crippen LogP contribution is -2.42. The SMILES string of the molecule is Cc1n[nH]c2nc(-c3ccc(O)cc3)cc(C(=O)N3CCC(N)CC3)c12. The number of fused-ring (bicyclic) bond motifs is 1. The lowest BCUT2D eigenvalue weighted by molar-refractivity contribution is 0.0716. The van der Waals surface area contributed by atoms with Crippen LogP contribution >= 0.6 is 0 Å². The van der Waals surface area contributed by atoms with Crippen molar-refractivity contribution >= 4 is 16.9 Å². The molecule has 1 saturated heterocycles. The number of piperidine rings is 1. The fourth-order valence-corrected chi connectivity index (χ4v) is 3.41. The number of hydrogen-bond acceptors (Lipinski definition) is 5. The molecule has 3 heterocycles. The van der Waals surface area contributed by atoms with Gasteiger partial charge in [0, 0.05) is 24.7 Å². The summed E-state index contributed by atoms with van der Waals surface area (Å²) in [6.45, 7) is 3.19. The number of benzene rings is 1. The number of H-pyrrole nitrogens is 1. The predicted molar refractivity (Wildman–Crippen MR) is 98.8 cm³/mol. The molecule has 7 nitrogen and oxygen atoms in total. The van der Waals surface area contributed by atoms with Crippen molar-refractivity contribution in [2.24, 2.45) is 5.73 Å². The Morgan fingerprint density at radius 3 is 2.65 bits per heavy atom. The van der Waals surface area contributed by atoms with E-state index >= 15 is 0 Å². The van der Waals surface area contributed by atoms with Gasteiger partial charge in [-0.25, -0.2) is 4.98 Å². The number of nitrogens with one attached hydrogen (secondary N) is 1. The molecule has 2 aromatic heterocycles. The Morgan fingerprint density at radius 1 is 1.27 bits per heavy atom. The number of aromatic nitrogens is 3. The molecule has 1 aliphatic rings. The smallest absolute Gasteiger partial charge is 0.254 e. The first-order valence-corrected chi connectivity index (χ1v) is 8.73. The molecule has 134 valence electrons. The van der Waals surface area contributed by atoms with Gasteiger partial charge in [-0.3, -0.25) is 9.89 Å². The number of likely N-dealkylation sites (tertiary alicyclic amines) is 1. The number of hydrogen-bond donors (Lipinski definition) is 3. The molecule has 0 aliphatic carbocycles. The van der Waals surface area contributed by atoms with E-state index in [9.17, 15) is 9.90 Å². The van der Waals surface area contributed by atoms with Crippen LogP contribution in [0.4, 0.5) is 0 Å².